The third kappa shape index (κ3) is 3.30. The molecule has 0 radical (unpaired) electrons. The number of phenolic OH excluding ortho intramolecular Hbond substituents is 1. The number of allylic oxidation sites excluding steroid dienone is 2. The highest BCUT2D eigenvalue weighted by atomic mass is 16.6. The molecule has 0 spiro atoms. The number of fused-ring (bicyclic) bond motifs is 3. The van der Waals surface area contributed by atoms with E-state index in [1.807, 2.05) is 12.1 Å². The first-order valence-corrected chi connectivity index (χ1v) is 9.61. The Labute approximate surface area is 164 Å². The predicted molar refractivity (Wildman–Crippen MR) is 108 cm³/mol. The Balaban J connectivity index is 1.70. The number of rotatable bonds is 5. The molecule has 28 heavy (non-hydrogen) atoms. The molecule has 0 aromatic heterocycles. The van der Waals surface area contributed by atoms with E-state index >= 15 is 0 Å². The Bertz CT molecular complexity index is 938. The summed E-state index contributed by atoms with van der Waals surface area (Å²) in [5, 5.41) is 25.1. The van der Waals surface area contributed by atoms with Gasteiger partial charge in [-0.15, -0.1) is 0 Å². The summed E-state index contributed by atoms with van der Waals surface area (Å²) in [6.07, 6.45) is 5.19. The molecule has 1 aliphatic heterocycles. The van der Waals surface area contributed by atoms with Gasteiger partial charge >= 0.3 is 0 Å². The second-order valence-electron chi connectivity index (χ2n) is 7.93. The molecule has 1 heterocycles. The highest BCUT2D eigenvalue weighted by molar-refractivity contribution is 5.63. The molecular weight excluding hydrogens is 356 g/mol. The molecular formula is C22H24N2O4. The smallest absolute Gasteiger partial charge is 0.270 e. The number of nitrogens with zero attached hydrogens (tertiary/aromatic N) is 1. The maximum absolute atomic E-state index is 11.2. The largest absolute Gasteiger partial charge is 0.508 e. The fourth-order valence-corrected chi connectivity index (χ4v) is 4.14. The fraction of sp³-hybridized carbons (Fsp3) is 0.364. The molecule has 0 saturated heterocycles. The van der Waals surface area contributed by atoms with Gasteiger partial charge in [0, 0.05) is 29.3 Å². The van der Waals surface area contributed by atoms with E-state index in [2.05, 4.69) is 37.4 Å². The molecule has 4 rings (SSSR count). The van der Waals surface area contributed by atoms with E-state index in [4.69, 9.17) is 4.74 Å². The average molecular weight is 380 g/mol. The molecule has 3 atom stereocenters. The number of nitro groups is 1. The average Bonchev–Trinajstić information content (AvgIpc) is 3.16. The van der Waals surface area contributed by atoms with Crippen molar-refractivity contribution in [3.05, 3.63) is 69.8 Å². The molecule has 0 bridgehead atoms. The van der Waals surface area contributed by atoms with Crippen molar-refractivity contribution in [3.8, 4) is 11.5 Å². The van der Waals surface area contributed by atoms with Gasteiger partial charge in [0.05, 0.1) is 17.6 Å². The summed E-state index contributed by atoms with van der Waals surface area (Å²) in [7, 11) is 0. The standard InChI is InChI=1S/C22H24N2O4/c1-13(2)12-28-15-7-8-20-18(11-15)16-4-3-5-17(16)22(23-20)19-10-14(24(26)27)6-9-21(19)25/h3-4,6-11,13,16-17,22-23,25H,5,12H2,1-2H3. The van der Waals surface area contributed by atoms with Crippen molar-refractivity contribution < 1.29 is 14.8 Å². The second-order valence-corrected chi connectivity index (χ2v) is 7.93. The minimum Gasteiger partial charge on any atom is -0.508 e. The van der Waals surface area contributed by atoms with E-state index in [0.717, 1.165) is 17.9 Å². The van der Waals surface area contributed by atoms with E-state index in [1.165, 1.54) is 23.8 Å². The number of phenols is 1. The molecule has 1 aliphatic carbocycles. The SMILES string of the molecule is CC(C)COc1ccc2c(c1)C1C=CCC1C(c1cc([N+](=O)[O-])ccc1O)N2. The van der Waals surface area contributed by atoms with Crippen LogP contribution in [0.3, 0.4) is 0 Å². The number of hydrogen-bond acceptors (Lipinski definition) is 5. The van der Waals surface area contributed by atoms with Crippen LogP contribution in [0, 0.1) is 22.0 Å². The summed E-state index contributed by atoms with van der Waals surface area (Å²) in [5.41, 5.74) is 2.70. The molecule has 2 aromatic carbocycles. The number of nitrogens with one attached hydrogen (secondary N) is 1. The second kappa shape index (κ2) is 7.19. The Morgan fingerprint density at radius 2 is 2.07 bits per heavy atom. The van der Waals surface area contributed by atoms with Crippen molar-refractivity contribution in [1.29, 1.82) is 0 Å². The lowest BCUT2D eigenvalue weighted by Crippen LogP contribution is -2.29. The summed E-state index contributed by atoms with van der Waals surface area (Å²) >= 11 is 0. The Morgan fingerprint density at radius 1 is 1.25 bits per heavy atom. The van der Waals surface area contributed by atoms with Crippen LogP contribution in [0.15, 0.2) is 48.6 Å². The van der Waals surface area contributed by atoms with Crippen molar-refractivity contribution in [2.24, 2.45) is 11.8 Å². The summed E-state index contributed by atoms with van der Waals surface area (Å²) in [4.78, 5) is 10.8. The Kier molecular flexibility index (Phi) is 4.71. The highest BCUT2D eigenvalue weighted by Gasteiger charge is 2.39. The van der Waals surface area contributed by atoms with Gasteiger partial charge in [0.2, 0.25) is 0 Å². The summed E-state index contributed by atoms with van der Waals surface area (Å²) < 4.78 is 5.89. The lowest BCUT2D eigenvalue weighted by atomic mass is 9.76. The van der Waals surface area contributed by atoms with Crippen LogP contribution in [0.2, 0.25) is 0 Å². The maximum Gasteiger partial charge on any atom is 0.270 e. The van der Waals surface area contributed by atoms with E-state index in [9.17, 15) is 15.2 Å². The van der Waals surface area contributed by atoms with Crippen LogP contribution in [-0.4, -0.2) is 16.6 Å². The molecule has 6 nitrogen and oxygen atoms in total. The lowest BCUT2D eigenvalue weighted by molar-refractivity contribution is -0.385. The number of anilines is 1. The van der Waals surface area contributed by atoms with Crippen LogP contribution in [0.1, 0.15) is 43.4 Å². The van der Waals surface area contributed by atoms with Crippen LogP contribution < -0.4 is 10.1 Å². The summed E-state index contributed by atoms with van der Waals surface area (Å²) in [5.74, 6) is 1.75. The zero-order chi connectivity index (χ0) is 19.8. The van der Waals surface area contributed by atoms with Crippen molar-refractivity contribution >= 4 is 11.4 Å². The molecule has 6 heteroatoms. The quantitative estimate of drug-likeness (QED) is 0.425. The van der Waals surface area contributed by atoms with Crippen molar-refractivity contribution in [2.75, 3.05) is 11.9 Å². The molecule has 0 amide bonds. The van der Waals surface area contributed by atoms with Gasteiger partial charge in [-0.25, -0.2) is 0 Å². The van der Waals surface area contributed by atoms with E-state index in [-0.39, 0.29) is 29.3 Å². The van der Waals surface area contributed by atoms with Crippen LogP contribution in [-0.2, 0) is 0 Å². The van der Waals surface area contributed by atoms with Crippen LogP contribution >= 0.6 is 0 Å². The predicted octanol–water partition coefficient (Wildman–Crippen LogP) is 5.16. The minimum atomic E-state index is -0.428. The normalized spacial score (nSPS) is 22.5. The van der Waals surface area contributed by atoms with E-state index in [0.29, 0.717) is 18.1 Å². The van der Waals surface area contributed by atoms with Crippen LogP contribution in [0.25, 0.3) is 0 Å². The summed E-state index contributed by atoms with van der Waals surface area (Å²) in [6, 6.07) is 10.0. The monoisotopic (exact) mass is 380 g/mol. The first kappa shape index (κ1) is 18.3. The highest BCUT2D eigenvalue weighted by Crippen LogP contribution is 2.52. The molecule has 2 aliphatic rings. The van der Waals surface area contributed by atoms with Crippen molar-refractivity contribution in [1.82, 2.24) is 0 Å². The van der Waals surface area contributed by atoms with Gasteiger partial charge < -0.3 is 15.2 Å². The number of nitro benzene ring substituents is 1. The fourth-order valence-electron chi connectivity index (χ4n) is 4.14. The number of non-ortho nitro benzene ring substituents is 1. The number of aromatic hydroxyl groups is 1. The van der Waals surface area contributed by atoms with Gasteiger partial charge in [-0.3, -0.25) is 10.1 Å². The van der Waals surface area contributed by atoms with Gasteiger partial charge in [0.15, 0.2) is 0 Å². The third-order valence-electron chi connectivity index (χ3n) is 5.47. The first-order chi connectivity index (χ1) is 13.4. The van der Waals surface area contributed by atoms with Crippen molar-refractivity contribution in [2.45, 2.75) is 32.2 Å². The molecule has 0 saturated carbocycles. The molecule has 2 aromatic rings. The first-order valence-electron chi connectivity index (χ1n) is 9.61. The topological polar surface area (TPSA) is 84.6 Å². The zero-order valence-corrected chi connectivity index (χ0v) is 16.0. The Morgan fingerprint density at radius 3 is 2.82 bits per heavy atom. The van der Waals surface area contributed by atoms with Crippen LogP contribution in [0.5, 0.6) is 11.5 Å². The van der Waals surface area contributed by atoms with Crippen LogP contribution in [0.4, 0.5) is 11.4 Å². The van der Waals surface area contributed by atoms with Crippen molar-refractivity contribution in [3.63, 3.8) is 0 Å². The number of ether oxygens (including phenoxy) is 1. The molecule has 2 N–H and O–H groups in total. The van der Waals surface area contributed by atoms with Gasteiger partial charge in [-0.05, 0) is 48.1 Å². The molecule has 3 unspecified atom stereocenters. The number of hydrogen-bond donors (Lipinski definition) is 2. The van der Waals surface area contributed by atoms with Gasteiger partial charge in [0.25, 0.3) is 5.69 Å². The number of benzene rings is 2. The lowest BCUT2D eigenvalue weighted by Gasteiger charge is -2.37. The molecule has 0 fully saturated rings. The molecule has 146 valence electrons. The Hall–Kier alpha value is -3.02. The summed E-state index contributed by atoms with van der Waals surface area (Å²) in [6.45, 7) is 4.90. The maximum atomic E-state index is 11.2. The van der Waals surface area contributed by atoms with Gasteiger partial charge in [0.1, 0.15) is 11.5 Å². The third-order valence-corrected chi connectivity index (χ3v) is 5.47. The van der Waals surface area contributed by atoms with Gasteiger partial charge in [-0.1, -0.05) is 26.0 Å². The zero-order valence-electron chi connectivity index (χ0n) is 16.0. The van der Waals surface area contributed by atoms with E-state index in [1.54, 1.807) is 0 Å². The minimum absolute atomic E-state index is 0.0136. The van der Waals surface area contributed by atoms with E-state index < -0.39 is 4.92 Å². The van der Waals surface area contributed by atoms with Gasteiger partial charge in [-0.2, -0.15) is 0 Å².